The number of hydrogen-bond donors (Lipinski definition) is 0. The number of benzene rings is 10. The van der Waals surface area contributed by atoms with Gasteiger partial charge < -0.3 is 14.4 Å². The van der Waals surface area contributed by atoms with Gasteiger partial charge in [-0.15, -0.1) is 0 Å². The van der Waals surface area contributed by atoms with Crippen molar-refractivity contribution in [3.05, 3.63) is 254 Å². The standard InChI is InChI=1S/C65H41BN6/c67-42-52-50(65-68-55(43-20-5-1-6-21-43)41-56(69-65)44-22-7-2-8-23-44)29-19-35-58(52)72-57-32-16-13-28-49(57)51-38-45(36-37-59(51)72)46-39-62-64-63(40-46)71(48-26-11-4-12-27-48)61-34-18-15-31-54(61)66(64)53-30-14-17-33-60(53)70(62)47-24-9-3-10-25-47/h1-41H. The zero-order valence-electron chi connectivity index (χ0n) is 38.9. The first-order chi connectivity index (χ1) is 35.7. The molecule has 4 heterocycles. The Morgan fingerprint density at radius 1 is 0.375 bits per heavy atom. The first-order valence-corrected chi connectivity index (χ1v) is 24.3. The molecule has 0 saturated carbocycles. The van der Waals surface area contributed by atoms with Crippen molar-refractivity contribution in [3.63, 3.8) is 0 Å². The van der Waals surface area contributed by atoms with Gasteiger partial charge in [0.15, 0.2) is 5.82 Å². The van der Waals surface area contributed by atoms with Gasteiger partial charge in [-0.1, -0.05) is 164 Å². The molecule has 0 spiro atoms. The Balaban J connectivity index is 0.980. The van der Waals surface area contributed by atoms with Gasteiger partial charge in [0, 0.05) is 61.6 Å². The number of nitrogens with zero attached hydrogens (tertiary/aromatic N) is 6. The molecule has 0 amide bonds. The van der Waals surface area contributed by atoms with E-state index >= 15 is 0 Å². The van der Waals surface area contributed by atoms with Crippen LogP contribution in [0.3, 0.4) is 0 Å². The maximum atomic E-state index is 11.2. The fourth-order valence-electron chi connectivity index (χ4n) is 11.3. The van der Waals surface area contributed by atoms with E-state index in [-0.39, 0.29) is 6.71 Å². The fourth-order valence-corrected chi connectivity index (χ4v) is 11.3. The van der Waals surface area contributed by atoms with Crippen LogP contribution in [0, 0.1) is 11.3 Å². The van der Waals surface area contributed by atoms with Gasteiger partial charge in [-0.2, -0.15) is 5.26 Å². The lowest BCUT2D eigenvalue weighted by Crippen LogP contribution is -2.61. The summed E-state index contributed by atoms with van der Waals surface area (Å²) in [6, 6.07) is 90.4. The van der Waals surface area contributed by atoms with E-state index in [1.54, 1.807) is 0 Å². The summed E-state index contributed by atoms with van der Waals surface area (Å²) in [5, 5.41) is 13.4. The number of hydrogen-bond acceptors (Lipinski definition) is 5. The molecule has 12 aromatic rings. The van der Waals surface area contributed by atoms with Crippen LogP contribution in [0.2, 0.25) is 0 Å². The average molecular weight is 917 g/mol. The van der Waals surface area contributed by atoms with E-state index in [2.05, 4.69) is 208 Å². The van der Waals surface area contributed by atoms with E-state index in [1.807, 2.05) is 60.7 Å². The molecular weight excluding hydrogens is 876 g/mol. The fraction of sp³-hybridized carbons (Fsp3) is 0. The van der Waals surface area contributed by atoms with Crippen LogP contribution < -0.4 is 26.2 Å². The molecule has 0 radical (unpaired) electrons. The average Bonchev–Trinajstić information content (AvgIpc) is 3.79. The molecule has 334 valence electrons. The molecule has 2 aliphatic rings. The third-order valence-corrected chi connectivity index (χ3v) is 14.4. The molecule has 0 N–H and O–H groups in total. The molecule has 10 aromatic carbocycles. The number of nitriles is 1. The topological polar surface area (TPSA) is 61.0 Å². The van der Waals surface area contributed by atoms with Crippen LogP contribution in [0.5, 0.6) is 0 Å². The van der Waals surface area contributed by atoms with Gasteiger partial charge in [-0.25, -0.2) is 9.97 Å². The highest BCUT2D eigenvalue weighted by molar-refractivity contribution is 7.00. The minimum Gasteiger partial charge on any atom is -0.311 e. The lowest BCUT2D eigenvalue weighted by atomic mass is 9.33. The van der Waals surface area contributed by atoms with Gasteiger partial charge in [0.2, 0.25) is 0 Å². The van der Waals surface area contributed by atoms with E-state index in [0.29, 0.717) is 17.0 Å². The van der Waals surface area contributed by atoms with Gasteiger partial charge in [0.25, 0.3) is 6.71 Å². The molecular formula is C65H41BN6. The van der Waals surface area contributed by atoms with E-state index in [4.69, 9.17) is 9.97 Å². The van der Waals surface area contributed by atoms with Crippen LogP contribution in [-0.4, -0.2) is 21.2 Å². The quantitative estimate of drug-likeness (QED) is 0.149. The minimum atomic E-state index is 0.0260. The Morgan fingerprint density at radius 3 is 1.46 bits per heavy atom. The summed E-state index contributed by atoms with van der Waals surface area (Å²) in [7, 11) is 0. The molecule has 0 bridgehead atoms. The summed E-state index contributed by atoms with van der Waals surface area (Å²) in [6.45, 7) is 0.0260. The maximum absolute atomic E-state index is 11.2. The van der Waals surface area contributed by atoms with Crippen LogP contribution in [0.1, 0.15) is 5.56 Å². The van der Waals surface area contributed by atoms with Crippen molar-refractivity contribution in [2.45, 2.75) is 0 Å². The summed E-state index contributed by atoms with van der Waals surface area (Å²) in [5.74, 6) is 0.495. The van der Waals surface area contributed by atoms with Crippen LogP contribution in [0.15, 0.2) is 249 Å². The van der Waals surface area contributed by atoms with Gasteiger partial charge in [-0.05, 0) is 112 Å². The predicted molar refractivity (Wildman–Crippen MR) is 297 cm³/mol. The van der Waals surface area contributed by atoms with Crippen molar-refractivity contribution in [3.8, 4) is 56.8 Å². The number of rotatable bonds is 7. The van der Waals surface area contributed by atoms with Crippen LogP contribution >= 0.6 is 0 Å². The minimum absolute atomic E-state index is 0.0260. The molecule has 0 fully saturated rings. The van der Waals surface area contributed by atoms with Crippen LogP contribution in [0.25, 0.3) is 72.5 Å². The highest BCUT2D eigenvalue weighted by Gasteiger charge is 2.43. The zero-order valence-corrected chi connectivity index (χ0v) is 38.9. The van der Waals surface area contributed by atoms with Gasteiger partial charge in [0.05, 0.1) is 33.7 Å². The molecule has 6 nitrogen and oxygen atoms in total. The zero-order chi connectivity index (χ0) is 47.7. The molecule has 0 unspecified atom stereocenters. The third kappa shape index (κ3) is 6.51. The summed E-state index contributed by atoms with van der Waals surface area (Å²) in [4.78, 5) is 15.2. The van der Waals surface area contributed by atoms with Gasteiger partial charge >= 0.3 is 0 Å². The number of aromatic nitrogens is 3. The molecule has 0 saturated heterocycles. The van der Waals surface area contributed by atoms with E-state index in [0.717, 1.165) is 83.9 Å². The second kappa shape index (κ2) is 16.7. The molecule has 0 aliphatic carbocycles. The second-order valence-corrected chi connectivity index (χ2v) is 18.4. The van der Waals surface area contributed by atoms with Gasteiger partial charge in [0.1, 0.15) is 6.07 Å². The Labute approximate surface area is 417 Å². The summed E-state index contributed by atoms with van der Waals surface area (Å²) < 4.78 is 2.24. The maximum Gasteiger partial charge on any atom is 0.252 e. The highest BCUT2D eigenvalue weighted by Crippen LogP contribution is 2.47. The smallest absolute Gasteiger partial charge is 0.252 e. The number of para-hydroxylation sites is 5. The monoisotopic (exact) mass is 916 g/mol. The van der Waals surface area contributed by atoms with Crippen molar-refractivity contribution in [2.75, 3.05) is 9.80 Å². The molecule has 2 aromatic heterocycles. The van der Waals surface area contributed by atoms with E-state index in [9.17, 15) is 5.26 Å². The van der Waals surface area contributed by atoms with Crippen LogP contribution in [0.4, 0.5) is 34.1 Å². The van der Waals surface area contributed by atoms with E-state index < -0.39 is 0 Å². The van der Waals surface area contributed by atoms with Crippen molar-refractivity contribution >= 4 is 79.0 Å². The Bertz CT molecular complexity index is 3960. The first kappa shape index (κ1) is 41.2. The predicted octanol–water partition coefficient (Wildman–Crippen LogP) is 14.2. The lowest BCUT2D eigenvalue weighted by molar-refractivity contribution is 1.15. The van der Waals surface area contributed by atoms with Crippen LogP contribution in [-0.2, 0) is 0 Å². The Hall–Kier alpha value is -9.77. The Morgan fingerprint density at radius 2 is 0.875 bits per heavy atom. The molecule has 72 heavy (non-hydrogen) atoms. The number of anilines is 6. The second-order valence-electron chi connectivity index (χ2n) is 18.4. The van der Waals surface area contributed by atoms with Crippen molar-refractivity contribution in [1.29, 1.82) is 5.26 Å². The molecule has 7 heteroatoms. The SMILES string of the molecule is N#Cc1c(-c2nc(-c3ccccc3)cc(-c3ccccc3)n2)cccc1-n1c2ccccc2c2cc(-c3cc4c5c(c3)N(c3ccccc3)c3ccccc3B5c3ccccc3N4c3ccccc3)ccc21. The summed E-state index contributed by atoms with van der Waals surface area (Å²) in [5.41, 5.74) is 20.4. The largest absolute Gasteiger partial charge is 0.311 e. The highest BCUT2D eigenvalue weighted by atomic mass is 15.2. The first-order valence-electron chi connectivity index (χ1n) is 24.3. The van der Waals surface area contributed by atoms with Crippen molar-refractivity contribution in [2.24, 2.45) is 0 Å². The van der Waals surface area contributed by atoms with Crippen molar-refractivity contribution in [1.82, 2.24) is 14.5 Å². The van der Waals surface area contributed by atoms with E-state index in [1.165, 1.54) is 27.8 Å². The Kier molecular flexibility index (Phi) is 9.58. The summed E-state index contributed by atoms with van der Waals surface area (Å²) >= 11 is 0. The molecule has 2 aliphatic heterocycles. The lowest BCUT2D eigenvalue weighted by Gasteiger charge is -2.44. The normalized spacial score (nSPS) is 12.3. The van der Waals surface area contributed by atoms with Gasteiger partial charge in [-0.3, -0.25) is 0 Å². The molecule has 14 rings (SSSR count). The summed E-state index contributed by atoms with van der Waals surface area (Å²) in [6.07, 6.45) is 0. The van der Waals surface area contributed by atoms with Crippen molar-refractivity contribution < 1.29 is 0 Å². The third-order valence-electron chi connectivity index (χ3n) is 14.4. The molecule has 0 atom stereocenters. The number of fused-ring (bicyclic) bond motifs is 7.